The van der Waals surface area contributed by atoms with E-state index in [1.54, 1.807) is 0 Å². The Hall–Kier alpha value is -1.31. The summed E-state index contributed by atoms with van der Waals surface area (Å²) in [5.74, 6) is 1.02. The minimum atomic E-state index is 0.193. The normalized spacial score (nSPS) is 27.1. The zero-order valence-electron chi connectivity index (χ0n) is 13.0. The highest BCUT2D eigenvalue weighted by Crippen LogP contribution is 2.24. The second-order valence-corrected chi connectivity index (χ2v) is 6.60. The van der Waals surface area contributed by atoms with Gasteiger partial charge in [-0.05, 0) is 51.9 Å². The lowest BCUT2D eigenvalue weighted by molar-refractivity contribution is -0.121. The quantitative estimate of drug-likeness (QED) is 0.816. The van der Waals surface area contributed by atoms with Crippen molar-refractivity contribution < 1.29 is 4.79 Å². The van der Waals surface area contributed by atoms with Gasteiger partial charge in [-0.15, -0.1) is 0 Å². The molecule has 110 valence electrons. The second-order valence-electron chi connectivity index (χ2n) is 6.60. The van der Waals surface area contributed by atoms with E-state index in [9.17, 15) is 4.79 Å². The molecule has 0 aliphatic heterocycles. The number of rotatable bonds is 3. The van der Waals surface area contributed by atoms with Crippen LogP contribution in [0, 0.1) is 5.92 Å². The maximum atomic E-state index is 12.2. The molecule has 1 N–H and O–H groups in total. The van der Waals surface area contributed by atoms with Crippen molar-refractivity contribution in [3.05, 3.63) is 34.9 Å². The third-order valence-corrected chi connectivity index (χ3v) is 4.34. The Bertz CT molecular complexity index is 448. The molecule has 1 fully saturated rings. The van der Waals surface area contributed by atoms with Crippen LogP contribution in [0.25, 0.3) is 0 Å². The molecule has 0 bridgehead atoms. The second kappa shape index (κ2) is 6.92. The van der Waals surface area contributed by atoms with Crippen molar-refractivity contribution in [1.29, 1.82) is 0 Å². The minimum absolute atomic E-state index is 0.193. The predicted octanol–water partition coefficient (Wildman–Crippen LogP) is 4.29. The smallest absolute Gasteiger partial charge is 0.224 e. The molecule has 0 spiro atoms. The van der Waals surface area contributed by atoms with E-state index >= 15 is 0 Å². The van der Waals surface area contributed by atoms with Crippen LogP contribution in [-0.2, 0) is 4.79 Å². The fraction of sp³-hybridized carbons (Fsp3) is 0.611. The van der Waals surface area contributed by atoms with Crippen molar-refractivity contribution in [3.8, 4) is 0 Å². The minimum Gasteiger partial charge on any atom is -0.353 e. The van der Waals surface area contributed by atoms with E-state index < -0.39 is 0 Å². The number of amides is 1. The summed E-state index contributed by atoms with van der Waals surface area (Å²) in [7, 11) is 0. The lowest BCUT2D eigenvalue weighted by Crippen LogP contribution is -2.37. The fourth-order valence-corrected chi connectivity index (χ4v) is 3.11. The van der Waals surface area contributed by atoms with Crippen molar-refractivity contribution in [1.82, 2.24) is 5.32 Å². The molecule has 0 heterocycles. The monoisotopic (exact) mass is 273 g/mol. The summed E-state index contributed by atoms with van der Waals surface area (Å²) in [4.78, 5) is 12.2. The van der Waals surface area contributed by atoms with Gasteiger partial charge in [0.05, 0.1) is 0 Å². The molecule has 20 heavy (non-hydrogen) atoms. The molecule has 0 aromatic carbocycles. The van der Waals surface area contributed by atoms with E-state index in [4.69, 9.17) is 0 Å². The van der Waals surface area contributed by atoms with Crippen LogP contribution in [0.5, 0.6) is 0 Å². The molecule has 0 radical (unpaired) electrons. The molecule has 2 rings (SSSR count). The number of carbonyl (C=O) groups excluding carboxylic acids is 1. The summed E-state index contributed by atoms with van der Waals surface area (Å²) in [5, 5.41) is 3.22. The number of carbonyl (C=O) groups is 1. The van der Waals surface area contributed by atoms with Crippen molar-refractivity contribution in [2.24, 2.45) is 5.92 Å². The largest absolute Gasteiger partial charge is 0.353 e. The van der Waals surface area contributed by atoms with Gasteiger partial charge in [0.1, 0.15) is 0 Å². The topological polar surface area (TPSA) is 29.1 Å². The molecule has 0 atom stereocenters. The third kappa shape index (κ3) is 4.66. The molecule has 0 aromatic heterocycles. The summed E-state index contributed by atoms with van der Waals surface area (Å²) in [5.41, 5.74) is 3.79. The Morgan fingerprint density at radius 2 is 1.90 bits per heavy atom. The van der Waals surface area contributed by atoms with Crippen LogP contribution in [0.3, 0.4) is 0 Å². The summed E-state index contributed by atoms with van der Waals surface area (Å²) >= 11 is 0. The van der Waals surface area contributed by atoms with E-state index in [-0.39, 0.29) is 5.91 Å². The van der Waals surface area contributed by atoms with Gasteiger partial charge in [0, 0.05) is 12.5 Å². The highest BCUT2D eigenvalue weighted by molar-refractivity contribution is 5.79. The van der Waals surface area contributed by atoms with Crippen LogP contribution in [0.2, 0.25) is 0 Å². The standard InChI is InChI=1S/C18H27NO/c1-13-6-8-17(9-7-13)19-18(20)12-16-10-14(2)4-5-15(3)11-16/h4-5,10,13,17H,6-9,11-12H2,1-3H3,(H,19,20)/t13-,17+. The van der Waals surface area contributed by atoms with Crippen LogP contribution >= 0.6 is 0 Å². The summed E-state index contributed by atoms with van der Waals surface area (Å²) in [6.45, 7) is 6.53. The van der Waals surface area contributed by atoms with Crippen molar-refractivity contribution in [3.63, 3.8) is 0 Å². The van der Waals surface area contributed by atoms with E-state index in [0.29, 0.717) is 12.5 Å². The number of hydrogen-bond donors (Lipinski definition) is 1. The molecule has 0 aromatic rings. The molecule has 2 heteroatoms. The first-order valence-electron chi connectivity index (χ1n) is 7.86. The maximum absolute atomic E-state index is 12.2. The first-order valence-corrected chi connectivity index (χ1v) is 7.86. The first kappa shape index (κ1) is 15.1. The summed E-state index contributed by atoms with van der Waals surface area (Å²) in [6, 6.07) is 0.401. The highest BCUT2D eigenvalue weighted by Gasteiger charge is 2.20. The lowest BCUT2D eigenvalue weighted by Gasteiger charge is -2.27. The van der Waals surface area contributed by atoms with Crippen LogP contribution in [0.4, 0.5) is 0 Å². The van der Waals surface area contributed by atoms with Crippen LogP contribution in [0.1, 0.15) is 59.3 Å². The molecule has 0 unspecified atom stereocenters. The van der Waals surface area contributed by atoms with Gasteiger partial charge in [0.15, 0.2) is 0 Å². The Morgan fingerprint density at radius 3 is 2.60 bits per heavy atom. The molecule has 2 aliphatic carbocycles. The van der Waals surface area contributed by atoms with Gasteiger partial charge in [-0.2, -0.15) is 0 Å². The van der Waals surface area contributed by atoms with Crippen LogP contribution in [0.15, 0.2) is 34.9 Å². The third-order valence-electron chi connectivity index (χ3n) is 4.34. The van der Waals surface area contributed by atoms with Crippen molar-refractivity contribution in [2.45, 2.75) is 65.3 Å². The number of hydrogen-bond acceptors (Lipinski definition) is 1. The zero-order chi connectivity index (χ0) is 14.5. The zero-order valence-corrected chi connectivity index (χ0v) is 13.0. The highest BCUT2D eigenvalue weighted by atomic mass is 16.1. The van der Waals surface area contributed by atoms with Gasteiger partial charge in [-0.25, -0.2) is 0 Å². The van der Waals surface area contributed by atoms with E-state index in [1.165, 1.54) is 29.6 Å². The molecule has 1 saturated carbocycles. The Balaban J connectivity index is 1.85. The predicted molar refractivity (Wildman–Crippen MR) is 84.4 cm³/mol. The van der Waals surface area contributed by atoms with Gasteiger partial charge in [-0.3, -0.25) is 4.79 Å². The lowest BCUT2D eigenvalue weighted by atomic mass is 9.87. The van der Waals surface area contributed by atoms with Crippen LogP contribution < -0.4 is 5.32 Å². The SMILES string of the molecule is CC1=CC=C(C)CC(CC(=O)N[C@H]2CC[C@@H](C)CC2)=C1. The average molecular weight is 273 g/mol. The maximum Gasteiger partial charge on any atom is 0.224 e. The molecule has 0 saturated heterocycles. The van der Waals surface area contributed by atoms with Crippen molar-refractivity contribution in [2.75, 3.05) is 0 Å². The first-order chi connectivity index (χ1) is 9.52. The van der Waals surface area contributed by atoms with E-state index in [0.717, 1.165) is 25.2 Å². The number of allylic oxidation sites excluding steroid dienone is 5. The van der Waals surface area contributed by atoms with Gasteiger partial charge in [0.25, 0.3) is 0 Å². The average Bonchev–Trinajstić information content (AvgIpc) is 2.53. The number of nitrogens with one attached hydrogen (secondary N) is 1. The van der Waals surface area contributed by atoms with Crippen LogP contribution in [-0.4, -0.2) is 11.9 Å². The summed E-state index contributed by atoms with van der Waals surface area (Å²) < 4.78 is 0. The van der Waals surface area contributed by atoms with Gasteiger partial charge in [-0.1, -0.05) is 41.9 Å². The molecular formula is C18H27NO. The molecular weight excluding hydrogens is 246 g/mol. The van der Waals surface area contributed by atoms with Gasteiger partial charge in [0.2, 0.25) is 5.91 Å². The van der Waals surface area contributed by atoms with E-state index in [1.807, 2.05) is 0 Å². The summed E-state index contributed by atoms with van der Waals surface area (Å²) in [6.07, 6.45) is 12.7. The fourth-order valence-electron chi connectivity index (χ4n) is 3.11. The molecule has 1 amide bonds. The van der Waals surface area contributed by atoms with Gasteiger partial charge < -0.3 is 5.32 Å². The molecule has 2 nitrogen and oxygen atoms in total. The Morgan fingerprint density at radius 1 is 1.20 bits per heavy atom. The Labute approximate surface area is 123 Å². The molecule has 2 aliphatic rings. The Kier molecular flexibility index (Phi) is 5.22. The van der Waals surface area contributed by atoms with Crippen molar-refractivity contribution >= 4 is 5.91 Å². The van der Waals surface area contributed by atoms with E-state index in [2.05, 4.69) is 44.3 Å². The van der Waals surface area contributed by atoms with Gasteiger partial charge >= 0.3 is 0 Å².